The van der Waals surface area contributed by atoms with E-state index < -0.39 is 10.2 Å². The highest BCUT2D eigenvalue weighted by atomic mass is 32.2. The number of rotatable bonds is 10. The van der Waals surface area contributed by atoms with Gasteiger partial charge in [-0.3, -0.25) is 0 Å². The van der Waals surface area contributed by atoms with E-state index in [0.29, 0.717) is 13.1 Å². The third-order valence-corrected chi connectivity index (χ3v) is 4.95. The smallest absolute Gasteiger partial charge is 0.279 e. The van der Waals surface area contributed by atoms with Crippen LogP contribution in [0.1, 0.15) is 25.3 Å². The summed E-state index contributed by atoms with van der Waals surface area (Å²) in [5.74, 6) is 0. The molecule has 0 aliphatic carbocycles. The van der Waals surface area contributed by atoms with Crippen LogP contribution in [0.5, 0.6) is 0 Å². The van der Waals surface area contributed by atoms with Crippen molar-refractivity contribution in [2.24, 2.45) is 0 Å². The normalized spacial score (nSPS) is 12.2. The second kappa shape index (κ2) is 8.65. The first kappa shape index (κ1) is 16.6. The Balaban J connectivity index is 2.27. The molecule has 1 aromatic heterocycles. The molecule has 0 bridgehead atoms. The van der Waals surface area contributed by atoms with Crippen LogP contribution in [0.15, 0.2) is 16.8 Å². The minimum absolute atomic E-state index is 0.351. The minimum atomic E-state index is -3.37. The summed E-state index contributed by atoms with van der Waals surface area (Å²) in [5, 5.41) is 7.13. The molecule has 0 aromatic carbocycles. The van der Waals surface area contributed by atoms with Gasteiger partial charge in [0.25, 0.3) is 10.2 Å². The van der Waals surface area contributed by atoms with Crippen molar-refractivity contribution in [3.63, 3.8) is 0 Å². The zero-order chi connectivity index (χ0) is 14.1. The summed E-state index contributed by atoms with van der Waals surface area (Å²) in [4.78, 5) is 0. The molecule has 2 N–H and O–H groups in total. The van der Waals surface area contributed by atoms with Crippen molar-refractivity contribution in [2.75, 3.05) is 26.7 Å². The first-order valence-corrected chi connectivity index (χ1v) is 8.87. The van der Waals surface area contributed by atoms with Gasteiger partial charge in [-0.25, -0.2) is 0 Å². The van der Waals surface area contributed by atoms with Crippen molar-refractivity contribution in [1.29, 1.82) is 0 Å². The molecule has 0 saturated heterocycles. The van der Waals surface area contributed by atoms with Gasteiger partial charge in [-0.05, 0) is 48.3 Å². The van der Waals surface area contributed by atoms with E-state index in [4.69, 9.17) is 0 Å². The molecule has 1 rings (SSSR count). The third kappa shape index (κ3) is 6.49. The standard InChI is InChI=1S/C12H23N3O2S2/c1-3-6-13-7-4-8-15(2)19(16,17)14-10-12-5-9-18-11-12/h5,9,11,13-14H,3-4,6-8,10H2,1-2H3. The summed E-state index contributed by atoms with van der Waals surface area (Å²) in [5.41, 5.74) is 0.992. The zero-order valence-corrected chi connectivity index (χ0v) is 13.2. The van der Waals surface area contributed by atoms with Gasteiger partial charge < -0.3 is 5.32 Å². The Bertz CT molecular complexity index is 432. The predicted molar refractivity (Wildman–Crippen MR) is 80.5 cm³/mol. The number of nitrogens with one attached hydrogen (secondary N) is 2. The molecule has 7 heteroatoms. The average Bonchev–Trinajstić information content (AvgIpc) is 2.89. The van der Waals surface area contributed by atoms with Gasteiger partial charge in [0.1, 0.15) is 0 Å². The summed E-state index contributed by atoms with van der Waals surface area (Å²) >= 11 is 1.56. The molecule has 0 amide bonds. The lowest BCUT2D eigenvalue weighted by Gasteiger charge is -2.17. The quantitative estimate of drug-likeness (QED) is 0.642. The Morgan fingerprint density at radius 3 is 2.79 bits per heavy atom. The van der Waals surface area contributed by atoms with Crippen LogP contribution in [0, 0.1) is 0 Å². The van der Waals surface area contributed by atoms with E-state index in [-0.39, 0.29) is 0 Å². The van der Waals surface area contributed by atoms with Gasteiger partial charge in [-0.15, -0.1) is 0 Å². The highest BCUT2D eigenvalue weighted by molar-refractivity contribution is 7.87. The van der Waals surface area contributed by atoms with Crippen LogP contribution >= 0.6 is 11.3 Å². The fourth-order valence-corrected chi connectivity index (χ4v) is 3.13. The summed E-state index contributed by atoms with van der Waals surface area (Å²) < 4.78 is 27.9. The van der Waals surface area contributed by atoms with Gasteiger partial charge in [0, 0.05) is 20.1 Å². The molecule has 1 heterocycles. The Morgan fingerprint density at radius 1 is 1.37 bits per heavy atom. The number of hydrogen-bond acceptors (Lipinski definition) is 4. The maximum absolute atomic E-state index is 11.9. The summed E-state index contributed by atoms with van der Waals surface area (Å²) in [6, 6.07) is 1.92. The lowest BCUT2D eigenvalue weighted by atomic mass is 10.4. The molecule has 19 heavy (non-hydrogen) atoms. The molecule has 1 aromatic rings. The SMILES string of the molecule is CCCNCCCN(C)S(=O)(=O)NCc1ccsc1. The second-order valence-corrected chi connectivity index (χ2v) is 7.03. The molecule has 0 fully saturated rings. The molecule has 0 aliphatic heterocycles. The summed E-state index contributed by atoms with van der Waals surface area (Å²) in [6.45, 7) is 4.81. The van der Waals surface area contributed by atoms with Gasteiger partial charge >= 0.3 is 0 Å². The van der Waals surface area contributed by atoms with Crippen molar-refractivity contribution >= 4 is 21.5 Å². The highest BCUT2D eigenvalue weighted by Crippen LogP contribution is 2.06. The van der Waals surface area contributed by atoms with E-state index in [1.807, 2.05) is 16.8 Å². The first-order valence-electron chi connectivity index (χ1n) is 6.49. The Labute approximate surface area is 120 Å². The molecule has 0 spiro atoms. The van der Waals surface area contributed by atoms with Gasteiger partial charge in [0.05, 0.1) is 0 Å². The summed E-state index contributed by atoms with van der Waals surface area (Å²) in [7, 11) is -1.76. The van der Waals surface area contributed by atoms with E-state index >= 15 is 0 Å². The largest absolute Gasteiger partial charge is 0.317 e. The molecule has 0 aliphatic rings. The van der Waals surface area contributed by atoms with Crippen LogP contribution in [0.25, 0.3) is 0 Å². The average molecular weight is 305 g/mol. The predicted octanol–water partition coefficient (Wildman–Crippen LogP) is 1.40. The third-order valence-electron chi connectivity index (χ3n) is 2.70. The Kier molecular flexibility index (Phi) is 7.55. The molecule has 0 radical (unpaired) electrons. The van der Waals surface area contributed by atoms with Crippen LogP contribution in [0.4, 0.5) is 0 Å². The number of hydrogen-bond donors (Lipinski definition) is 2. The monoisotopic (exact) mass is 305 g/mol. The van der Waals surface area contributed by atoms with Crippen LogP contribution in [0.2, 0.25) is 0 Å². The molecular weight excluding hydrogens is 282 g/mol. The molecule has 0 saturated carbocycles. The van der Waals surface area contributed by atoms with Crippen LogP contribution in [-0.2, 0) is 16.8 Å². The molecular formula is C12H23N3O2S2. The minimum Gasteiger partial charge on any atom is -0.317 e. The van der Waals surface area contributed by atoms with Crippen LogP contribution in [0.3, 0.4) is 0 Å². The van der Waals surface area contributed by atoms with Gasteiger partial charge in [-0.2, -0.15) is 28.8 Å². The second-order valence-electron chi connectivity index (χ2n) is 4.38. The molecule has 5 nitrogen and oxygen atoms in total. The first-order chi connectivity index (χ1) is 9.06. The van der Waals surface area contributed by atoms with Crippen molar-refractivity contribution in [1.82, 2.24) is 14.3 Å². The van der Waals surface area contributed by atoms with Gasteiger partial charge in [-0.1, -0.05) is 6.92 Å². The highest BCUT2D eigenvalue weighted by Gasteiger charge is 2.16. The number of thiophene rings is 1. The van der Waals surface area contributed by atoms with E-state index in [1.165, 1.54) is 4.31 Å². The van der Waals surface area contributed by atoms with Gasteiger partial charge in [0.15, 0.2) is 0 Å². The van der Waals surface area contributed by atoms with E-state index in [9.17, 15) is 8.42 Å². The zero-order valence-electron chi connectivity index (χ0n) is 11.6. The van der Waals surface area contributed by atoms with Crippen molar-refractivity contribution in [2.45, 2.75) is 26.3 Å². The topological polar surface area (TPSA) is 61.4 Å². The molecule has 0 unspecified atom stereocenters. The van der Waals surface area contributed by atoms with Crippen molar-refractivity contribution in [3.8, 4) is 0 Å². The van der Waals surface area contributed by atoms with Gasteiger partial charge in [0.2, 0.25) is 0 Å². The lowest BCUT2D eigenvalue weighted by molar-refractivity contribution is 0.444. The van der Waals surface area contributed by atoms with E-state index in [0.717, 1.165) is 31.5 Å². The molecule has 110 valence electrons. The van der Waals surface area contributed by atoms with Crippen LogP contribution in [-0.4, -0.2) is 39.4 Å². The fourth-order valence-electron chi connectivity index (χ4n) is 1.53. The fraction of sp³-hybridized carbons (Fsp3) is 0.667. The Morgan fingerprint density at radius 2 is 2.16 bits per heavy atom. The lowest BCUT2D eigenvalue weighted by Crippen LogP contribution is -2.39. The maximum atomic E-state index is 11.9. The number of nitrogens with zero attached hydrogens (tertiary/aromatic N) is 1. The van der Waals surface area contributed by atoms with Crippen molar-refractivity contribution < 1.29 is 8.42 Å². The maximum Gasteiger partial charge on any atom is 0.279 e. The molecule has 0 atom stereocenters. The summed E-state index contributed by atoms with van der Waals surface area (Å²) in [6.07, 6.45) is 1.91. The van der Waals surface area contributed by atoms with E-state index in [2.05, 4.69) is 17.0 Å². The van der Waals surface area contributed by atoms with Crippen molar-refractivity contribution in [3.05, 3.63) is 22.4 Å². The Hall–Kier alpha value is -0.470. The van der Waals surface area contributed by atoms with Crippen LogP contribution < -0.4 is 10.0 Å². The van der Waals surface area contributed by atoms with E-state index in [1.54, 1.807) is 18.4 Å².